The lowest BCUT2D eigenvalue weighted by molar-refractivity contribution is -0.115. The number of aromatic hydroxyl groups is 1. The highest BCUT2D eigenvalue weighted by atomic mass is 35.5. The lowest BCUT2D eigenvalue weighted by Gasteiger charge is -2.06. The minimum absolute atomic E-state index is 0.0109. The van der Waals surface area contributed by atoms with Crippen molar-refractivity contribution >= 4 is 29.6 Å². The van der Waals surface area contributed by atoms with Gasteiger partial charge in [-0.2, -0.15) is 5.26 Å². The molecule has 0 unspecified atom stereocenters. The number of primary amides is 1. The molecule has 0 aliphatic heterocycles. The van der Waals surface area contributed by atoms with E-state index in [1.165, 1.54) is 25.3 Å². The number of imide groups is 1. The van der Waals surface area contributed by atoms with E-state index in [2.05, 4.69) is 0 Å². The average molecular weight is 296 g/mol. The number of nitriles is 1. The van der Waals surface area contributed by atoms with Crippen molar-refractivity contribution in [2.75, 3.05) is 7.11 Å². The summed E-state index contributed by atoms with van der Waals surface area (Å²) in [6.07, 6.45) is 1.17. The number of phenolic OH excluding ortho intramolecular Hbond substituents is 1. The highest BCUT2D eigenvalue weighted by molar-refractivity contribution is 6.32. The van der Waals surface area contributed by atoms with Gasteiger partial charge >= 0.3 is 6.03 Å². The van der Waals surface area contributed by atoms with Crippen LogP contribution >= 0.6 is 11.6 Å². The summed E-state index contributed by atoms with van der Waals surface area (Å²) in [7, 11) is 1.32. The minimum Gasteiger partial charge on any atom is -0.503 e. The summed E-state index contributed by atoms with van der Waals surface area (Å²) < 4.78 is 4.89. The number of benzene rings is 1. The molecular formula is C12H10ClN3O4. The molecule has 7 nitrogen and oxygen atoms in total. The predicted molar refractivity (Wildman–Crippen MR) is 71.0 cm³/mol. The first-order valence-corrected chi connectivity index (χ1v) is 5.56. The van der Waals surface area contributed by atoms with Crippen LogP contribution < -0.4 is 15.8 Å². The summed E-state index contributed by atoms with van der Waals surface area (Å²) in [5.74, 6) is -1.12. The molecule has 0 saturated carbocycles. The second-order valence-corrected chi connectivity index (χ2v) is 3.95. The van der Waals surface area contributed by atoms with Crippen LogP contribution in [0.1, 0.15) is 5.56 Å². The molecule has 0 saturated heterocycles. The Labute approximate surface area is 119 Å². The number of nitrogens with two attached hydrogens (primary N) is 1. The van der Waals surface area contributed by atoms with E-state index in [-0.39, 0.29) is 22.1 Å². The number of halogens is 1. The second kappa shape index (κ2) is 6.45. The summed E-state index contributed by atoms with van der Waals surface area (Å²) in [5, 5.41) is 20.2. The van der Waals surface area contributed by atoms with Gasteiger partial charge in [-0.25, -0.2) is 4.79 Å². The molecule has 0 bridgehead atoms. The van der Waals surface area contributed by atoms with Crippen LogP contribution in [0.3, 0.4) is 0 Å². The van der Waals surface area contributed by atoms with Crippen LogP contribution in [0.15, 0.2) is 17.7 Å². The molecule has 1 rings (SSSR count). The van der Waals surface area contributed by atoms with E-state index in [9.17, 15) is 14.7 Å². The third kappa shape index (κ3) is 3.63. The summed E-state index contributed by atoms with van der Waals surface area (Å²) in [4.78, 5) is 22.0. The monoisotopic (exact) mass is 295 g/mol. The Bertz CT molecular complexity index is 634. The molecule has 104 valence electrons. The first kappa shape index (κ1) is 15.3. The van der Waals surface area contributed by atoms with Crippen LogP contribution in [0, 0.1) is 11.3 Å². The highest BCUT2D eigenvalue weighted by Gasteiger charge is 2.13. The molecule has 1 aromatic carbocycles. The fourth-order valence-electron chi connectivity index (χ4n) is 1.33. The summed E-state index contributed by atoms with van der Waals surface area (Å²) >= 11 is 5.77. The van der Waals surface area contributed by atoms with E-state index in [1.54, 1.807) is 11.4 Å². The Morgan fingerprint density at radius 3 is 2.70 bits per heavy atom. The first-order valence-electron chi connectivity index (χ1n) is 5.18. The maximum absolute atomic E-state index is 11.5. The highest BCUT2D eigenvalue weighted by Crippen LogP contribution is 2.35. The number of nitrogens with zero attached hydrogens (tertiary/aromatic N) is 1. The molecule has 1 aromatic rings. The second-order valence-electron chi connectivity index (χ2n) is 3.54. The van der Waals surface area contributed by atoms with Crippen LogP contribution in [0.5, 0.6) is 11.5 Å². The molecule has 3 amide bonds. The lowest BCUT2D eigenvalue weighted by Crippen LogP contribution is -2.35. The van der Waals surface area contributed by atoms with Crippen molar-refractivity contribution in [3.63, 3.8) is 0 Å². The van der Waals surface area contributed by atoms with Gasteiger partial charge in [0.05, 0.1) is 12.1 Å². The minimum atomic E-state index is -1.07. The third-order valence-corrected chi connectivity index (χ3v) is 2.47. The average Bonchev–Trinajstić information content (AvgIpc) is 2.38. The van der Waals surface area contributed by atoms with Crippen molar-refractivity contribution in [2.45, 2.75) is 0 Å². The van der Waals surface area contributed by atoms with Crippen LogP contribution in [0.25, 0.3) is 6.08 Å². The van der Waals surface area contributed by atoms with Crippen LogP contribution in [0.4, 0.5) is 4.79 Å². The molecule has 8 heteroatoms. The Hall–Kier alpha value is -2.72. The Kier molecular flexibility index (Phi) is 4.94. The Morgan fingerprint density at radius 2 is 2.20 bits per heavy atom. The summed E-state index contributed by atoms with van der Waals surface area (Å²) in [6, 6.07) is 3.25. The first-order chi connectivity index (χ1) is 9.38. The SMILES string of the molecule is COc1cc(/C=C(/C#N)C(=O)NC(N)=O)cc(Cl)c1O. The Morgan fingerprint density at radius 1 is 1.55 bits per heavy atom. The van der Waals surface area contributed by atoms with Crippen molar-refractivity contribution in [1.82, 2.24) is 5.32 Å². The number of urea groups is 1. The number of carbonyl (C=O) groups is 2. The van der Waals surface area contributed by atoms with Gasteiger partial charge in [-0.15, -0.1) is 0 Å². The molecule has 0 aliphatic rings. The summed E-state index contributed by atoms with van der Waals surface area (Å²) in [5.41, 5.74) is 4.77. The normalized spacial score (nSPS) is 10.6. The number of phenols is 1. The van der Waals surface area contributed by atoms with Gasteiger partial charge in [0, 0.05) is 0 Å². The fourth-order valence-corrected chi connectivity index (χ4v) is 1.55. The quantitative estimate of drug-likeness (QED) is 0.570. The van der Waals surface area contributed by atoms with Crippen molar-refractivity contribution in [3.05, 3.63) is 28.3 Å². The van der Waals surface area contributed by atoms with Gasteiger partial charge in [0.2, 0.25) is 0 Å². The predicted octanol–water partition coefficient (Wildman–Crippen LogP) is 1.16. The zero-order valence-electron chi connectivity index (χ0n) is 10.3. The van der Waals surface area contributed by atoms with E-state index in [4.69, 9.17) is 27.3 Å². The van der Waals surface area contributed by atoms with Crippen molar-refractivity contribution in [1.29, 1.82) is 5.26 Å². The number of nitrogens with one attached hydrogen (secondary N) is 1. The third-order valence-electron chi connectivity index (χ3n) is 2.18. The van der Waals surface area contributed by atoms with Crippen LogP contribution in [-0.2, 0) is 4.79 Å². The fraction of sp³-hybridized carbons (Fsp3) is 0.0833. The molecule has 0 heterocycles. The summed E-state index contributed by atoms with van der Waals surface area (Å²) in [6.45, 7) is 0. The lowest BCUT2D eigenvalue weighted by atomic mass is 10.1. The number of amides is 3. The van der Waals surface area contributed by atoms with Gasteiger partial charge in [0.15, 0.2) is 11.5 Å². The maximum Gasteiger partial charge on any atom is 0.319 e. The van der Waals surface area contributed by atoms with E-state index in [0.29, 0.717) is 5.56 Å². The van der Waals surface area contributed by atoms with E-state index < -0.39 is 11.9 Å². The topological polar surface area (TPSA) is 125 Å². The van der Waals surface area contributed by atoms with Gasteiger partial charge in [0.25, 0.3) is 5.91 Å². The van der Waals surface area contributed by atoms with Crippen molar-refractivity contribution in [2.24, 2.45) is 5.73 Å². The van der Waals surface area contributed by atoms with Crippen molar-refractivity contribution < 1.29 is 19.4 Å². The molecule has 0 radical (unpaired) electrons. The van der Waals surface area contributed by atoms with Crippen molar-refractivity contribution in [3.8, 4) is 17.6 Å². The number of hydrogen-bond donors (Lipinski definition) is 3. The van der Waals surface area contributed by atoms with Crippen LogP contribution in [0.2, 0.25) is 5.02 Å². The number of carbonyl (C=O) groups excluding carboxylic acids is 2. The molecule has 20 heavy (non-hydrogen) atoms. The van der Waals surface area contributed by atoms with Gasteiger partial charge in [-0.3, -0.25) is 10.1 Å². The van der Waals surface area contributed by atoms with E-state index in [1.807, 2.05) is 0 Å². The maximum atomic E-state index is 11.5. The molecule has 0 atom stereocenters. The number of rotatable bonds is 3. The van der Waals surface area contributed by atoms with Gasteiger partial charge in [-0.05, 0) is 23.8 Å². The molecular weight excluding hydrogens is 286 g/mol. The Balaban J connectivity index is 3.20. The van der Waals surface area contributed by atoms with E-state index >= 15 is 0 Å². The van der Waals surface area contributed by atoms with Gasteiger partial charge in [0.1, 0.15) is 11.6 Å². The zero-order chi connectivity index (χ0) is 15.3. The molecule has 4 N–H and O–H groups in total. The zero-order valence-corrected chi connectivity index (χ0v) is 11.1. The smallest absolute Gasteiger partial charge is 0.319 e. The molecule has 0 aliphatic carbocycles. The van der Waals surface area contributed by atoms with Crippen LogP contribution in [-0.4, -0.2) is 24.2 Å². The van der Waals surface area contributed by atoms with E-state index in [0.717, 1.165) is 0 Å². The molecule has 0 fully saturated rings. The number of ether oxygens (including phenoxy) is 1. The van der Waals surface area contributed by atoms with Gasteiger partial charge < -0.3 is 15.6 Å². The number of methoxy groups -OCH3 is 1. The number of hydrogen-bond acceptors (Lipinski definition) is 5. The molecule has 0 spiro atoms. The molecule has 0 aromatic heterocycles. The standard InChI is InChI=1S/C12H10ClN3O4/c1-20-9-4-6(3-8(13)10(9)17)2-7(5-14)11(18)16-12(15)19/h2-4,17H,1H3,(H3,15,16,18,19)/b7-2-. The van der Waals surface area contributed by atoms with Gasteiger partial charge in [-0.1, -0.05) is 11.6 Å². The largest absolute Gasteiger partial charge is 0.503 e.